The molecule has 0 aliphatic heterocycles. The molecule has 28 heavy (non-hydrogen) atoms. The molecule has 0 bridgehead atoms. The molecule has 0 fully saturated rings. The van der Waals surface area contributed by atoms with Gasteiger partial charge in [0.1, 0.15) is 5.75 Å². The van der Waals surface area contributed by atoms with Gasteiger partial charge in [-0.15, -0.1) is 0 Å². The monoisotopic (exact) mass is 371 g/mol. The fraction of sp³-hybridized carbons (Fsp3) is 0.208. The van der Waals surface area contributed by atoms with Gasteiger partial charge in [0.15, 0.2) is 0 Å². The second-order valence-electron chi connectivity index (χ2n) is 7.09. The Morgan fingerprint density at radius 3 is 2.64 bits per heavy atom. The van der Waals surface area contributed by atoms with Crippen molar-refractivity contribution in [3.05, 3.63) is 84.1 Å². The number of benzene rings is 3. The number of nitrogens with one attached hydrogen (secondary N) is 1. The van der Waals surface area contributed by atoms with Crippen molar-refractivity contribution in [2.24, 2.45) is 7.05 Å². The van der Waals surface area contributed by atoms with Crippen molar-refractivity contribution in [1.29, 1.82) is 0 Å². The Labute approximate surface area is 165 Å². The Bertz CT molecular complexity index is 1090. The minimum atomic E-state index is 0.290. The molecule has 1 aromatic heterocycles. The Balaban J connectivity index is 1.60. The van der Waals surface area contributed by atoms with Crippen LogP contribution < -0.4 is 10.1 Å². The molecule has 4 heteroatoms. The molecule has 4 rings (SSSR count). The molecule has 0 saturated carbocycles. The fourth-order valence-electron chi connectivity index (χ4n) is 3.55. The van der Waals surface area contributed by atoms with Gasteiger partial charge in [0.2, 0.25) is 0 Å². The third-order valence-corrected chi connectivity index (χ3v) is 5.23. The summed E-state index contributed by atoms with van der Waals surface area (Å²) in [7, 11) is 3.68. The van der Waals surface area contributed by atoms with Crippen LogP contribution >= 0.6 is 0 Å². The van der Waals surface area contributed by atoms with Gasteiger partial charge in [-0.05, 0) is 47.9 Å². The molecule has 142 valence electrons. The zero-order valence-corrected chi connectivity index (χ0v) is 16.5. The first-order valence-corrected chi connectivity index (χ1v) is 9.53. The van der Waals surface area contributed by atoms with Crippen LogP contribution in [0.15, 0.2) is 72.9 Å². The molecule has 0 amide bonds. The maximum absolute atomic E-state index is 5.63. The second kappa shape index (κ2) is 7.87. The average molecular weight is 371 g/mol. The average Bonchev–Trinajstić information content (AvgIpc) is 3.12. The third kappa shape index (κ3) is 3.64. The third-order valence-electron chi connectivity index (χ3n) is 5.23. The highest BCUT2D eigenvalue weighted by atomic mass is 16.5. The first-order valence-electron chi connectivity index (χ1n) is 9.53. The smallest absolute Gasteiger partial charge is 0.126 e. The lowest BCUT2D eigenvalue weighted by Crippen LogP contribution is -2.18. The number of nitrogens with zero attached hydrogens (tertiary/aromatic N) is 2. The van der Waals surface area contributed by atoms with Crippen molar-refractivity contribution in [3.63, 3.8) is 0 Å². The van der Waals surface area contributed by atoms with Crippen LogP contribution in [-0.4, -0.2) is 16.9 Å². The van der Waals surface area contributed by atoms with Gasteiger partial charge in [-0.2, -0.15) is 5.10 Å². The van der Waals surface area contributed by atoms with E-state index in [-0.39, 0.29) is 0 Å². The van der Waals surface area contributed by atoms with E-state index in [4.69, 9.17) is 4.74 Å². The normalized spacial score (nSPS) is 12.2. The first-order chi connectivity index (χ1) is 13.7. The van der Waals surface area contributed by atoms with Gasteiger partial charge in [-0.3, -0.25) is 4.68 Å². The Hall–Kier alpha value is -3.11. The van der Waals surface area contributed by atoms with E-state index in [1.807, 2.05) is 30.1 Å². The highest BCUT2D eigenvalue weighted by Gasteiger charge is 2.10. The van der Waals surface area contributed by atoms with Gasteiger partial charge in [0, 0.05) is 30.6 Å². The van der Waals surface area contributed by atoms with Crippen LogP contribution in [-0.2, 0) is 13.6 Å². The van der Waals surface area contributed by atoms with E-state index in [1.54, 1.807) is 7.11 Å². The van der Waals surface area contributed by atoms with Crippen molar-refractivity contribution >= 4 is 10.9 Å². The standard InChI is InChI=1S/C24H25N3O/c1-17(19-7-5-4-6-8-19)25-15-18-9-12-24(28-3)22(13-18)20-10-11-23-21(14-20)16-26-27(23)2/h4-14,16-17,25H,15H2,1-3H3. The summed E-state index contributed by atoms with van der Waals surface area (Å²) in [5.41, 5.74) is 5.87. The summed E-state index contributed by atoms with van der Waals surface area (Å²) in [5.74, 6) is 0.878. The van der Waals surface area contributed by atoms with E-state index in [2.05, 4.69) is 71.9 Å². The molecule has 0 aliphatic carbocycles. The molecule has 1 unspecified atom stereocenters. The van der Waals surface area contributed by atoms with Gasteiger partial charge >= 0.3 is 0 Å². The maximum Gasteiger partial charge on any atom is 0.126 e. The van der Waals surface area contributed by atoms with Gasteiger partial charge in [0.25, 0.3) is 0 Å². The number of hydrogen-bond acceptors (Lipinski definition) is 3. The zero-order valence-electron chi connectivity index (χ0n) is 16.5. The van der Waals surface area contributed by atoms with Crippen LogP contribution in [0, 0.1) is 0 Å². The van der Waals surface area contributed by atoms with Crippen LogP contribution in [0.3, 0.4) is 0 Å². The minimum absolute atomic E-state index is 0.290. The van der Waals surface area contributed by atoms with Crippen LogP contribution in [0.25, 0.3) is 22.0 Å². The molecule has 1 N–H and O–H groups in total. The molecule has 1 atom stereocenters. The van der Waals surface area contributed by atoms with Crippen molar-refractivity contribution in [2.45, 2.75) is 19.5 Å². The van der Waals surface area contributed by atoms with Gasteiger partial charge in [-0.25, -0.2) is 0 Å². The van der Waals surface area contributed by atoms with Crippen LogP contribution in [0.1, 0.15) is 24.1 Å². The maximum atomic E-state index is 5.63. The fourth-order valence-corrected chi connectivity index (χ4v) is 3.55. The molecular formula is C24H25N3O. The van der Waals surface area contributed by atoms with Gasteiger partial charge in [0.05, 0.1) is 18.8 Å². The van der Waals surface area contributed by atoms with Crippen molar-refractivity contribution in [2.75, 3.05) is 7.11 Å². The number of aromatic nitrogens is 2. The summed E-state index contributed by atoms with van der Waals surface area (Å²) >= 11 is 0. The zero-order chi connectivity index (χ0) is 19.5. The molecule has 0 radical (unpaired) electrons. The Kier molecular flexibility index (Phi) is 5.13. The highest BCUT2D eigenvalue weighted by molar-refractivity contribution is 5.86. The summed E-state index contributed by atoms with van der Waals surface area (Å²) in [6, 6.07) is 23.6. The van der Waals surface area contributed by atoms with Crippen molar-refractivity contribution < 1.29 is 4.74 Å². The van der Waals surface area contributed by atoms with Gasteiger partial charge in [-0.1, -0.05) is 42.5 Å². The molecule has 4 aromatic rings. The summed E-state index contributed by atoms with van der Waals surface area (Å²) in [4.78, 5) is 0. The van der Waals surface area contributed by atoms with Crippen LogP contribution in [0.2, 0.25) is 0 Å². The van der Waals surface area contributed by atoms with E-state index in [0.29, 0.717) is 6.04 Å². The van der Waals surface area contributed by atoms with Crippen LogP contribution in [0.4, 0.5) is 0 Å². The lowest BCUT2D eigenvalue weighted by Gasteiger charge is -2.16. The predicted molar refractivity (Wildman–Crippen MR) is 114 cm³/mol. The van der Waals surface area contributed by atoms with E-state index in [9.17, 15) is 0 Å². The second-order valence-corrected chi connectivity index (χ2v) is 7.09. The summed E-state index contributed by atoms with van der Waals surface area (Å²) in [6.07, 6.45) is 1.90. The van der Waals surface area contributed by atoms with E-state index >= 15 is 0 Å². The summed E-state index contributed by atoms with van der Waals surface area (Å²) in [6.45, 7) is 2.98. The number of hydrogen-bond donors (Lipinski definition) is 1. The molecular weight excluding hydrogens is 346 g/mol. The SMILES string of the molecule is COc1ccc(CNC(C)c2ccccc2)cc1-c1ccc2c(cnn2C)c1. The highest BCUT2D eigenvalue weighted by Crippen LogP contribution is 2.33. The van der Waals surface area contributed by atoms with E-state index < -0.39 is 0 Å². The number of ether oxygens (including phenoxy) is 1. The van der Waals surface area contributed by atoms with Crippen LogP contribution in [0.5, 0.6) is 5.75 Å². The number of fused-ring (bicyclic) bond motifs is 1. The Morgan fingerprint density at radius 1 is 1.04 bits per heavy atom. The number of rotatable bonds is 6. The molecule has 0 saturated heterocycles. The van der Waals surface area contributed by atoms with Crippen molar-refractivity contribution in [1.82, 2.24) is 15.1 Å². The van der Waals surface area contributed by atoms with E-state index in [0.717, 1.165) is 34.3 Å². The predicted octanol–water partition coefficient (Wildman–Crippen LogP) is 5.10. The summed E-state index contributed by atoms with van der Waals surface area (Å²) in [5, 5.41) is 9.08. The number of aryl methyl sites for hydroxylation is 1. The quantitative estimate of drug-likeness (QED) is 0.512. The summed E-state index contributed by atoms with van der Waals surface area (Å²) < 4.78 is 7.52. The van der Waals surface area contributed by atoms with E-state index in [1.165, 1.54) is 11.1 Å². The lowest BCUT2D eigenvalue weighted by atomic mass is 10.00. The largest absolute Gasteiger partial charge is 0.496 e. The first kappa shape index (κ1) is 18.3. The molecule has 3 aromatic carbocycles. The van der Waals surface area contributed by atoms with Gasteiger partial charge < -0.3 is 10.1 Å². The molecule has 0 aliphatic rings. The lowest BCUT2D eigenvalue weighted by molar-refractivity contribution is 0.416. The van der Waals surface area contributed by atoms with Crippen molar-refractivity contribution in [3.8, 4) is 16.9 Å². The Morgan fingerprint density at radius 2 is 1.86 bits per heavy atom. The minimum Gasteiger partial charge on any atom is -0.496 e. The molecule has 4 nitrogen and oxygen atoms in total. The molecule has 1 heterocycles. The topological polar surface area (TPSA) is 39.1 Å². The number of methoxy groups -OCH3 is 1. The molecule has 0 spiro atoms.